The molecule has 0 radical (unpaired) electrons. The third kappa shape index (κ3) is 2.86. The number of benzene rings is 2. The van der Waals surface area contributed by atoms with E-state index in [1.807, 2.05) is 37.3 Å². The van der Waals surface area contributed by atoms with Gasteiger partial charge in [0.1, 0.15) is 0 Å². The molecule has 0 saturated carbocycles. The molecule has 0 bridgehead atoms. The summed E-state index contributed by atoms with van der Waals surface area (Å²) in [6.07, 6.45) is 0.0319. The van der Waals surface area contributed by atoms with Gasteiger partial charge in [0, 0.05) is 5.69 Å². The van der Waals surface area contributed by atoms with Crippen molar-refractivity contribution in [2.75, 3.05) is 5.32 Å². The summed E-state index contributed by atoms with van der Waals surface area (Å²) in [5.74, 6) is -0.159. The number of carboxylic acid groups (broad SMARTS) is 1. The van der Waals surface area contributed by atoms with Crippen LogP contribution in [0.5, 0.6) is 0 Å². The van der Waals surface area contributed by atoms with E-state index >= 15 is 0 Å². The second kappa shape index (κ2) is 5.28. The van der Waals surface area contributed by atoms with Gasteiger partial charge in [-0.1, -0.05) is 24.3 Å². The zero-order valence-corrected chi connectivity index (χ0v) is 11.6. The number of para-hydroxylation sites is 1. The Morgan fingerprint density at radius 3 is 2.67 bits per heavy atom. The highest BCUT2D eigenvalue weighted by atomic mass is 16.4. The summed E-state index contributed by atoms with van der Waals surface area (Å²) in [5.41, 5.74) is 4.69. The van der Waals surface area contributed by atoms with Crippen LogP contribution in [0.4, 0.5) is 11.6 Å². The second-order valence-electron chi connectivity index (χ2n) is 4.95. The normalized spacial score (nSPS) is 10.7. The van der Waals surface area contributed by atoms with Gasteiger partial charge in [-0.2, -0.15) is 0 Å². The van der Waals surface area contributed by atoms with E-state index in [0.29, 0.717) is 5.95 Å². The number of fused-ring (bicyclic) bond motifs is 1. The van der Waals surface area contributed by atoms with Crippen molar-refractivity contribution in [1.82, 2.24) is 9.97 Å². The van der Waals surface area contributed by atoms with Crippen LogP contribution in [0.2, 0.25) is 0 Å². The fourth-order valence-electron chi connectivity index (χ4n) is 2.25. The minimum absolute atomic E-state index is 0.0319. The van der Waals surface area contributed by atoms with Crippen LogP contribution in [0.3, 0.4) is 0 Å². The summed E-state index contributed by atoms with van der Waals surface area (Å²) in [6.45, 7) is 2.02. The Bertz CT molecular complexity index is 791. The Labute approximate surface area is 121 Å². The van der Waals surface area contributed by atoms with Gasteiger partial charge in [0.2, 0.25) is 5.95 Å². The van der Waals surface area contributed by atoms with E-state index in [0.717, 1.165) is 27.8 Å². The van der Waals surface area contributed by atoms with Crippen LogP contribution in [-0.4, -0.2) is 21.0 Å². The van der Waals surface area contributed by atoms with E-state index in [2.05, 4.69) is 15.3 Å². The van der Waals surface area contributed by atoms with Crippen molar-refractivity contribution < 1.29 is 9.90 Å². The minimum Gasteiger partial charge on any atom is -0.481 e. The topological polar surface area (TPSA) is 78.0 Å². The standard InChI is InChI=1S/C16H15N3O2/c1-10-3-2-4-13-15(10)19-16(18-13)17-12-7-5-11(6-8-12)9-14(20)21/h2-8H,9H2,1H3,(H,20,21)(H2,17,18,19). The number of nitrogens with one attached hydrogen (secondary N) is 2. The molecule has 3 rings (SSSR count). The molecule has 3 aromatic rings. The van der Waals surface area contributed by atoms with Gasteiger partial charge in [-0.3, -0.25) is 4.79 Å². The van der Waals surface area contributed by atoms with E-state index in [4.69, 9.17) is 5.11 Å². The van der Waals surface area contributed by atoms with Crippen LogP contribution in [-0.2, 0) is 11.2 Å². The van der Waals surface area contributed by atoms with Gasteiger partial charge in [-0.05, 0) is 36.2 Å². The zero-order chi connectivity index (χ0) is 14.8. The van der Waals surface area contributed by atoms with Crippen LogP contribution in [0, 0.1) is 6.92 Å². The predicted octanol–water partition coefficient (Wildman–Crippen LogP) is 3.24. The first kappa shape index (κ1) is 13.2. The molecule has 0 amide bonds. The zero-order valence-electron chi connectivity index (χ0n) is 11.6. The van der Waals surface area contributed by atoms with Crippen LogP contribution >= 0.6 is 0 Å². The number of nitrogens with zero attached hydrogens (tertiary/aromatic N) is 1. The number of aromatic amines is 1. The number of hydrogen-bond acceptors (Lipinski definition) is 3. The fourth-order valence-corrected chi connectivity index (χ4v) is 2.25. The second-order valence-corrected chi connectivity index (χ2v) is 4.95. The van der Waals surface area contributed by atoms with Crippen LogP contribution in [0.25, 0.3) is 11.0 Å². The molecule has 0 saturated heterocycles. The van der Waals surface area contributed by atoms with Crippen LogP contribution in [0.1, 0.15) is 11.1 Å². The molecule has 5 nitrogen and oxygen atoms in total. The molecule has 0 atom stereocenters. The van der Waals surface area contributed by atoms with Crippen molar-refractivity contribution >= 4 is 28.6 Å². The average Bonchev–Trinajstić information content (AvgIpc) is 2.84. The van der Waals surface area contributed by atoms with Crippen molar-refractivity contribution in [3.05, 3.63) is 53.6 Å². The molecule has 0 unspecified atom stereocenters. The number of aliphatic carboxylic acids is 1. The number of carbonyl (C=O) groups is 1. The van der Waals surface area contributed by atoms with Gasteiger partial charge in [-0.15, -0.1) is 0 Å². The van der Waals surface area contributed by atoms with E-state index in [-0.39, 0.29) is 6.42 Å². The van der Waals surface area contributed by atoms with Crippen LogP contribution in [0.15, 0.2) is 42.5 Å². The smallest absolute Gasteiger partial charge is 0.307 e. The molecule has 1 aromatic heterocycles. The minimum atomic E-state index is -0.830. The van der Waals surface area contributed by atoms with Crippen molar-refractivity contribution in [3.8, 4) is 0 Å². The highest BCUT2D eigenvalue weighted by Crippen LogP contribution is 2.21. The molecular formula is C16H15N3O2. The average molecular weight is 281 g/mol. The predicted molar refractivity (Wildman–Crippen MR) is 81.9 cm³/mol. The van der Waals surface area contributed by atoms with Gasteiger partial charge in [0.25, 0.3) is 0 Å². The van der Waals surface area contributed by atoms with Gasteiger partial charge in [-0.25, -0.2) is 4.98 Å². The highest BCUT2D eigenvalue weighted by molar-refractivity contribution is 5.81. The summed E-state index contributed by atoms with van der Waals surface area (Å²) in [4.78, 5) is 18.4. The molecule has 0 aliphatic carbocycles. The number of H-pyrrole nitrogens is 1. The molecule has 21 heavy (non-hydrogen) atoms. The first-order valence-electron chi connectivity index (χ1n) is 6.65. The summed E-state index contributed by atoms with van der Waals surface area (Å²) in [7, 11) is 0. The van der Waals surface area contributed by atoms with Gasteiger partial charge < -0.3 is 15.4 Å². The number of aryl methyl sites for hydroxylation is 1. The Kier molecular flexibility index (Phi) is 3.31. The molecule has 5 heteroatoms. The third-order valence-corrected chi connectivity index (χ3v) is 3.29. The molecule has 0 spiro atoms. The Hall–Kier alpha value is -2.82. The maximum absolute atomic E-state index is 10.6. The summed E-state index contributed by atoms with van der Waals surface area (Å²) < 4.78 is 0. The maximum atomic E-state index is 10.6. The van der Waals surface area contributed by atoms with Gasteiger partial charge in [0.15, 0.2) is 0 Å². The Morgan fingerprint density at radius 2 is 2.00 bits per heavy atom. The van der Waals surface area contributed by atoms with E-state index in [1.54, 1.807) is 12.1 Å². The molecule has 0 aliphatic heterocycles. The molecule has 3 N–H and O–H groups in total. The highest BCUT2D eigenvalue weighted by Gasteiger charge is 2.05. The van der Waals surface area contributed by atoms with Crippen molar-refractivity contribution in [1.29, 1.82) is 0 Å². The maximum Gasteiger partial charge on any atom is 0.307 e. The number of hydrogen-bond donors (Lipinski definition) is 3. The monoisotopic (exact) mass is 281 g/mol. The van der Waals surface area contributed by atoms with Crippen LogP contribution < -0.4 is 5.32 Å². The molecular weight excluding hydrogens is 266 g/mol. The van der Waals surface area contributed by atoms with E-state index in [1.165, 1.54) is 0 Å². The van der Waals surface area contributed by atoms with Crippen molar-refractivity contribution in [2.45, 2.75) is 13.3 Å². The lowest BCUT2D eigenvalue weighted by Gasteiger charge is -2.03. The van der Waals surface area contributed by atoms with Gasteiger partial charge >= 0.3 is 5.97 Å². The van der Waals surface area contributed by atoms with E-state index < -0.39 is 5.97 Å². The Morgan fingerprint density at radius 1 is 1.24 bits per heavy atom. The first-order chi connectivity index (χ1) is 10.1. The molecule has 0 aliphatic rings. The Balaban J connectivity index is 1.81. The molecule has 2 aromatic carbocycles. The molecule has 1 heterocycles. The molecule has 106 valence electrons. The lowest BCUT2D eigenvalue weighted by molar-refractivity contribution is -0.136. The lowest BCUT2D eigenvalue weighted by Crippen LogP contribution is -2.00. The SMILES string of the molecule is Cc1cccc2[nH]c(Nc3ccc(CC(=O)O)cc3)nc12. The van der Waals surface area contributed by atoms with Gasteiger partial charge in [0.05, 0.1) is 17.5 Å². The summed E-state index contributed by atoms with van der Waals surface area (Å²) in [6, 6.07) is 13.3. The lowest BCUT2D eigenvalue weighted by atomic mass is 10.1. The number of imidazole rings is 1. The number of anilines is 2. The van der Waals surface area contributed by atoms with E-state index in [9.17, 15) is 4.79 Å². The van der Waals surface area contributed by atoms with Crippen molar-refractivity contribution in [2.24, 2.45) is 0 Å². The quantitative estimate of drug-likeness (QED) is 0.686. The largest absolute Gasteiger partial charge is 0.481 e. The van der Waals surface area contributed by atoms with Crippen molar-refractivity contribution in [3.63, 3.8) is 0 Å². The third-order valence-electron chi connectivity index (χ3n) is 3.29. The number of rotatable bonds is 4. The number of aromatic nitrogens is 2. The fraction of sp³-hybridized carbons (Fsp3) is 0.125. The first-order valence-corrected chi connectivity index (χ1v) is 6.65. The summed E-state index contributed by atoms with van der Waals surface area (Å²) in [5, 5.41) is 11.9. The molecule has 0 fully saturated rings. The summed E-state index contributed by atoms with van der Waals surface area (Å²) >= 11 is 0. The number of carboxylic acids is 1.